The molecule has 1 rings (SSSR count). The topological polar surface area (TPSA) is 12.0 Å². The molecule has 16 heavy (non-hydrogen) atoms. The summed E-state index contributed by atoms with van der Waals surface area (Å²) in [5.41, 5.74) is 0.839. The highest BCUT2D eigenvalue weighted by Crippen LogP contribution is 2.27. The van der Waals surface area contributed by atoms with Gasteiger partial charge in [-0.1, -0.05) is 25.0 Å². The minimum Gasteiger partial charge on any atom is -0.363 e. The third kappa shape index (κ3) is 3.99. The molecule has 0 bridgehead atoms. The van der Waals surface area contributed by atoms with E-state index >= 15 is 0 Å². The summed E-state index contributed by atoms with van der Waals surface area (Å²) in [5, 5.41) is 3.16. The van der Waals surface area contributed by atoms with Crippen LogP contribution < -0.4 is 5.32 Å². The van der Waals surface area contributed by atoms with E-state index in [1.807, 2.05) is 19.2 Å². The molecule has 0 spiro atoms. The molecule has 1 aliphatic heterocycles. The van der Waals surface area contributed by atoms with Gasteiger partial charge < -0.3 is 5.32 Å². The number of rotatable bonds is 3. The molecule has 0 aliphatic carbocycles. The Hall–Kier alpha value is -0.790. The molecule has 1 nitrogen and oxygen atoms in total. The Bertz CT molecular complexity index is 276. The first-order chi connectivity index (χ1) is 7.56. The summed E-state index contributed by atoms with van der Waals surface area (Å²) in [6.07, 6.45) is 9.89. The first kappa shape index (κ1) is 13.3. The van der Waals surface area contributed by atoms with E-state index in [0.717, 1.165) is 31.4 Å². The van der Waals surface area contributed by atoms with E-state index in [-0.39, 0.29) is 0 Å². The first-order valence-corrected chi connectivity index (χ1v) is 6.38. The van der Waals surface area contributed by atoms with Crippen molar-refractivity contribution < 1.29 is 4.39 Å². The second-order valence-electron chi connectivity index (χ2n) is 4.95. The van der Waals surface area contributed by atoms with Crippen LogP contribution in [0.25, 0.3) is 0 Å². The Kier molecular flexibility index (Phi) is 5.04. The van der Waals surface area contributed by atoms with E-state index in [0.29, 0.717) is 6.42 Å². The van der Waals surface area contributed by atoms with Gasteiger partial charge in [0.05, 0.1) is 0 Å². The van der Waals surface area contributed by atoms with Crippen LogP contribution in [0.4, 0.5) is 4.39 Å². The average molecular weight is 225 g/mol. The molecule has 0 fully saturated rings. The fraction of sp³-hybridized carbons (Fsp3) is 0.714. The molecular formula is C14H24FN. The monoisotopic (exact) mass is 225 g/mol. The van der Waals surface area contributed by atoms with Crippen LogP contribution in [0.1, 0.15) is 59.3 Å². The zero-order valence-electron chi connectivity index (χ0n) is 10.8. The second kappa shape index (κ2) is 6.07. The molecule has 1 atom stereocenters. The van der Waals surface area contributed by atoms with Crippen molar-refractivity contribution in [3.63, 3.8) is 0 Å². The van der Waals surface area contributed by atoms with Gasteiger partial charge in [-0.3, -0.25) is 0 Å². The third-order valence-corrected chi connectivity index (χ3v) is 3.13. The molecule has 0 saturated carbocycles. The Morgan fingerprint density at radius 2 is 2.19 bits per heavy atom. The number of alkyl halides is 1. The third-order valence-electron chi connectivity index (χ3n) is 3.13. The van der Waals surface area contributed by atoms with Crippen LogP contribution in [0.3, 0.4) is 0 Å². The molecule has 2 heteroatoms. The highest BCUT2D eigenvalue weighted by molar-refractivity contribution is 5.17. The van der Waals surface area contributed by atoms with Crippen molar-refractivity contribution in [1.29, 1.82) is 0 Å². The molecule has 0 amide bonds. The lowest BCUT2D eigenvalue weighted by Crippen LogP contribution is -2.28. The molecule has 92 valence electrons. The standard InChI is InChI=1S/C14H24FN/c1-4-10-14(3,15)13-9-7-5-6-8-12(2)11-16-13/h9,11,16H,4-8,10H2,1-3H3/b12-11+,13-9+. The summed E-state index contributed by atoms with van der Waals surface area (Å²) >= 11 is 0. The number of hydrogen-bond donors (Lipinski definition) is 1. The molecule has 1 unspecified atom stereocenters. The molecule has 0 aromatic carbocycles. The van der Waals surface area contributed by atoms with Crippen LogP contribution in [0, 0.1) is 0 Å². The van der Waals surface area contributed by atoms with E-state index in [2.05, 4.69) is 12.2 Å². The minimum absolute atomic E-state index is 0.582. The van der Waals surface area contributed by atoms with E-state index in [4.69, 9.17) is 0 Å². The van der Waals surface area contributed by atoms with Crippen molar-refractivity contribution in [2.75, 3.05) is 0 Å². The van der Waals surface area contributed by atoms with Gasteiger partial charge in [-0.25, -0.2) is 4.39 Å². The van der Waals surface area contributed by atoms with Crippen molar-refractivity contribution in [2.24, 2.45) is 0 Å². The Morgan fingerprint density at radius 1 is 1.44 bits per heavy atom. The van der Waals surface area contributed by atoms with Gasteiger partial charge in [-0.05, 0) is 52.2 Å². The first-order valence-electron chi connectivity index (χ1n) is 6.38. The van der Waals surface area contributed by atoms with Crippen LogP contribution in [-0.4, -0.2) is 5.67 Å². The van der Waals surface area contributed by atoms with E-state index in [1.165, 1.54) is 12.0 Å². The van der Waals surface area contributed by atoms with Crippen LogP contribution in [0.5, 0.6) is 0 Å². The van der Waals surface area contributed by atoms with Crippen molar-refractivity contribution in [2.45, 2.75) is 65.0 Å². The van der Waals surface area contributed by atoms with Crippen molar-refractivity contribution >= 4 is 0 Å². The molecule has 1 aliphatic rings. The average Bonchev–Trinajstić information content (AvgIpc) is 2.30. The Morgan fingerprint density at radius 3 is 2.88 bits per heavy atom. The van der Waals surface area contributed by atoms with Gasteiger partial charge in [0.2, 0.25) is 0 Å². The maximum Gasteiger partial charge on any atom is 0.147 e. The fourth-order valence-electron chi connectivity index (χ4n) is 2.09. The number of halogens is 1. The predicted octanol–water partition coefficient (Wildman–Crippen LogP) is 4.47. The van der Waals surface area contributed by atoms with Crippen molar-refractivity contribution in [3.05, 3.63) is 23.5 Å². The van der Waals surface area contributed by atoms with Gasteiger partial charge in [0.15, 0.2) is 0 Å². The SMILES string of the molecule is CCCC(C)(F)/C1=C\CCCC/C(C)=C/N1. The highest BCUT2D eigenvalue weighted by atomic mass is 19.1. The summed E-state index contributed by atoms with van der Waals surface area (Å²) in [6.45, 7) is 5.80. The largest absolute Gasteiger partial charge is 0.363 e. The van der Waals surface area contributed by atoms with Gasteiger partial charge in [-0.2, -0.15) is 0 Å². The molecule has 1 heterocycles. The van der Waals surface area contributed by atoms with E-state index < -0.39 is 5.67 Å². The quantitative estimate of drug-likeness (QED) is 0.747. The van der Waals surface area contributed by atoms with Gasteiger partial charge in [0.1, 0.15) is 5.67 Å². The molecular weight excluding hydrogens is 201 g/mol. The normalized spacial score (nSPS) is 28.2. The number of nitrogens with one attached hydrogen (secondary N) is 1. The number of hydrogen-bond acceptors (Lipinski definition) is 1. The Balaban J connectivity index is 2.78. The van der Waals surface area contributed by atoms with Crippen molar-refractivity contribution in [3.8, 4) is 0 Å². The van der Waals surface area contributed by atoms with E-state index in [1.54, 1.807) is 6.92 Å². The molecule has 0 radical (unpaired) electrons. The summed E-state index contributed by atoms with van der Waals surface area (Å²) in [4.78, 5) is 0. The second-order valence-corrected chi connectivity index (χ2v) is 4.95. The zero-order chi connectivity index (χ0) is 12.0. The minimum atomic E-state index is -1.21. The van der Waals surface area contributed by atoms with Gasteiger partial charge >= 0.3 is 0 Å². The molecule has 0 aromatic heterocycles. The maximum atomic E-state index is 14.4. The molecule has 1 N–H and O–H groups in total. The predicted molar refractivity (Wildman–Crippen MR) is 67.9 cm³/mol. The van der Waals surface area contributed by atoms with Crippen LogP contribution in [0.15, 0.2) is 23.5 Å². The highest BCUT2D eigenvalue weighted by Gasteiger charge is 2.26. The fourth-order valence-corrected chi connectivity index (χ4v) is 2.09. The van der Waals surface area contributed by atoms with Crippen molar-refractivity contribution in [1.82, 2.24) is 5.32 Å². The molecule has 0 saturated heterocycles. The van der Waals surface area contributed by atoms with Crippen LogP contribution in [-0.2, 0) is 0 Å². The number of allylic oxidation sites excluding steroid dienone is 3. The lowest BCUT2D eigenvalue weighted by atomic mass is 9.97. The Labute approximate surface area is 98.8 Å². The summed E-state index contributed by atoms with van der Waals surface area (Å²) in [5.74, 6) is 0. The van der Waals surface area contributed by atoms with Crippen LogP contribution in [0.2, 0.25) is 0 Å². The maximum absolute atomic E-state index is 14.4. The van der Waals surface area contributed by atoms with Gasteiger partial charge in [0.25, 0.3) is 0 Å². The van der Waals surface area contributed by atoms with Gasteiger partial charge in [-0.15, -0.1) is 0 Å². The smallest absolute Gasteiger partial charge is 0.147 e. The van der Waals surface area contributed by atoms with E-state index in [9.17, 15) is 4.39 Å². The summed E-state index contributed by atoms with van der Waals surface area (Å²) in [7, 11) is 0. The van der Waals surface area contributed by atoms with Crippen LogP contribution >= 0.6 is 0 Å². The summed E-state index contributed by atoms with van der Waals surface area (Å²) in [6, 6.07) is 0. The lowest BCUT2D eigenvalue weighted by Gasteiger charge is -2.23. The van der Waals surface area contributed by atoms with Gasteiger partial charge in [0, 0.05) is 5.70 Å². The summed E-state index contributed by atoms with van der Waals surface area (Å²) < 4.78 is 14.4. The zero-order valence-corrected chi connectivity index (χ0v) is 10.8. The molecule has 0 aromatic rings. The lowest BCUT2D eigenvalue weighted by molar-refractivity contribution is 0.212.